The van der Waals surface area contributed by atoms with E-state index in [0.29, 0.717) is 0 Å². The number of hydrogen-bond donors (Lipinski definition) is 5. The number of carbonyl (C=O) groups is 1. The van der Waals surface area contributed by atoms with Gasteiger partial charge in [-0.25, -0.2) is 4.57 Å². The predicted octanol–water partition coefficient (Wildman–Crippen LogP) is -1.84. The standard InChI is InChI=1S/C7H15O8P/c1-2-7(11,4-8)6(10)5(9)3-15-16(12,13)14/h6,8,10-11H,2-4H2,1H3,(H2,12,13,14). The summed E-state index contributed by atoms with van der Waals surface area (Å²) in [5.74, 6) is -1.12. The van der Waals surface area contributed by atoms with Crippen LogP contribution in [0.4, 0.5) is 0 Å². The van der Waals surface area contributed by atoms with Gasteiger partial charge in [0.2, 0.25) is 0 Å². The van der Waals surface area contributed by atoms with Crippen LogP contribution in [-0.2, 0) is 13.9 Å². The van der Waals surface area contributed by atoms with Gasteiger partial charge in [0.25, 0.3) is 0 Å². The third-order valence-corrected chi connectivity index (χ3v) is 2.54. The molecular weight excluding hydrogens is 243 g/mol. The summed E-state index contributed by atoms with van der Waals surface area (Å²) in [6.07, 6.45) is -2.07. The Morgan fingerprint density at radius 3 is 2.31 bits per heavy atom. The van der Waals surface area contributed by atoms with Crippen LogP contribution in [0.1, 0.15) is 13.3 Å². The van der Waals surface area contributed by atoms with Crippen LogP contribution >= 0.6 is 7.82 Å². The highest BCUT2D eigenvalue weighted by molar-refractivity contribution is 7.46. The van der Waals surface area contributed by atoms with E-state index in [1.807, 2.05) is 0 Å². The van der Waals surface area contributed by atoms with Gasteiger partial charge in [0.05, 0.1) is 6.61 Å². The Balaban J connectivity index is 4.45. The number of rotatable bonds is 7. The van der Waals surface area contributed by atoms with Gasteiger partial charge in [0.15, 0.2) is 5.78 Å². The highest BCUT2D eigenvalue weighted by Gasteiger charge is 2.38. The molecule has 0 amide bonds. The van der Waals surface area contributed by atoms with E-state index in [0.717, 1.165) is 0 Å². The van der Waals surface area contributed by atoms with Crippen LogP contribution in [0.15, 0.2) is 0 Å². The van der Waals surface area contributed by atoms with E-state index in [1.54, 1.807) is 0 Å². The van der Waals surface area contributed by atoms with E-state index in [-0.39, 0.29) is 6.42 Å². The van der Waals surface area contributed by atoms with Crippen molar-refractivity contribution >= 4 is 13.6 Å². The maximum Gasteiger partial charge on any atom is 0.470 e. The van der Waals surface area contributed by atoms with Gasteiger partial charge in [-0.3, -0.25) is 9.32 Å². The van der Waals surface area contributed by atoms with Crippen molar-refractivity contribution in [1.29, 1.82) is 0 Å². The van der Waals surface area contributed by atoms with Gasteiger partial charge in [-0.05, 0) is 6.42 Å². The largest absolute Gasteiger partial charge is 0.470 e. The molecule has 0 fully saturated rings. The molecule has 2 atom stereocenters. The molecule has 2 unspecified atom stereocenters. The lowest BCUT2D eigenvalue weighted by Crippen LogP contribution is -2.50. The number of carbonyl (C=O) groups excluding carboxylic acids is 1. The van der Waals surface area contributed by atoms with Crippen LogP contribution in [0, 0.1) is 0 Å². The number of aliphatic hydroxyl groups excluding tert-OH is 2. The Labute approximate surface area is 91.7 Å². The first-order valence-electron chi connectivity index (χ1n) is 4.40. The molecule has 96 valence electrons. The van der Waals surface area contributed by atoms with Gasteiger partial charge in [-0.15, -0.1) is 0 Å². The Bertz CT molecular complexity index is 280. The smallest absolute Gasteiger partial charge is 0.393 e. The van der Waals surface area contributed by atoms with E-state index >= 15 is 0 Å². The third kappa shape index (κ3) is 4.67. The summed E-state index contributed by atoms with van der Waals surface area (Å²) in [6.45, 7) is -0.476. The van der Waals surface area contributed by atoms with Gasteiger partial charge < -0.3 is 25.1 Å². The van der Waals surface area contributed by atoms with Crippen molar-refractivity contribution in [3.63, 3.8) is 0 Å². The van der Waals surface area contributed by atoms with Crippen LogP contribution < -0.4 is 0 Å². The third-order valence-electron chi connectivity index (χ3n) is 2.07. The van der Waals surface area contributed by atoms with Gasteiger partial charge in [-0.1, -0.05) is 6.92 Å². The molecule has 0 aromatic rings. The van der Waals surface area contributed by atoms with Crippen LogP contribution in [-0.4, -0.2) is 55.8 Å². The zero-order valence-corrected chi connectivity index (χ0v) is 9.50. The molecular formula is C7H15O8P. The fraction of sp³-hybridized carbons (Fsp3) is 0.857. The molecule has 0 radical (unpaired) electrons. The molecule has 0 aliphatic heterocycles. The molecule has 0 aliphatic carbocycles. The lowest BCUT2D eigenvalue weighted by Gasteiger charge is -2.28. The van der Waals surface area contributed by atoms with Gasteiger partial charge in [0, 0.05) is 0 Å². The Morgan fingerprint density at radius 2 is 2.00 bits per heavy atom. The SMILES string of the molecule is CCC(O)(CO)C(O)C(=O)COP(=O)(O)O. The fourth-order valence-corrected chi connectivity index (χ4v) is 1.21. The lowest BCUT2D eigenvalue weighted by molar-refractivity contribution is -0.152. The van der Waals surface area contributed by atoms with Gasteiger partial charge >= 0.3 is 7.82 Å². The monoisotopic (exact) mass is 258 g/mol. The van der Waals surface area contributed by atoms with Crippen LogP contribution in [0.3, 0.4) is 0 Å². The Hall–Kier alpha value is -0.340. The quantitative estimate of drug-likeness (QED) is 0.335. The normalized spacial score (nSPS) is 17.9. The van der Waals surface area contributed by atoms with Gasteiger partial charge in [-0.2, -0.15) is 0 Å². The molecule has 0 rings (SSSR count). The molecule has 16 heavy (non-hydrogen) atoms. The van der Waals surface area contributed by atoms with Crippen LogP contribution in [0.25, 0.3) is 0 Å². The van der Waals surface area contributed by atoms with Crippen LogP contribution in [0.2, 0.25) is 0 Å². The molecule has 8 nitrogen and oxygen atoms in total. The topological polar surface area (TPSA) is 145 Å². The average Bonchev–Trinajstić information content (AvgIpc) is 2.22. The highest BCUT2D eigenvalue weighted by Crippen LogP contribution is 2.35. The van der Waals surface area contributed by atoms with Crippen molar-refractivity contribution in [1.82, 2.24) is 0 Å². The van der Waals surface area contributed by atoms with Crippen molar-refractivity contribution in [3.05, 3.63) is 0 Å². The molecule has 0 aromatic heterocycles. The molecule has 0 heterocycles. The fourth-order valence-electron chi connectivity index (χ4n) is 0.918. The maximum absolute atomic E-state index is 11.2. The number of Topliss-reactive ketones (excluding diaryl/α,β-unsaturated/α-hetero) is 1. The number of aliphatic hydroxyl groups is 3. The molecule has 5 N–H and O–H groups in total. The second kappa shape index (κ2) is 5.83. The van der Waals surface area contributed by atoms with Gasteiger partial charge in [0.1, 0.15) is 18.3 Å². The summed E-state index contributed by atoms with van der Waals surface area (Å²) < 4.78 is 14.1. The first-order valence-corrected chi connectivity index (χ1v) is 5.93. The summed E-state index contributed by atoms with van der Waals surface area (Å²) >= 11 is 0. The number of ketones is 1. The molecule has 0 saturated carbocycles. The average molecular weight is 258 g/mol. The predicted molar refractivity (Wildman–Crippen MR) is 51.3 cm³/mol. The summed E-state index contributed by atoms with van der Waals surface area (Å²) in [7, 11) is -4.80. The minimum absolute atomic E-state index is 0.105. The highest BCUT2D eigenvalue weighted by atomic mass is 31.2. The zero-order valence-electron chi connectivity index (χ0n) is 8.61. The van der Waals surface area contributed by atoms with E-state index in [1.165, 1.54) is 6.92 Å². The molecule has 0 aliphatic rings. The molecule has 0 saturated heterocycles. The van der Waals surface area contributed by atoms with Crippen molar-refractivity contribution in [3.8, 4) is 0 Å². The molecule has 9 heteroatoms. The molecule has 0 aromatic carbocycles. The first-order chi connectivity index (χ1) is 7.16. The Morgan fingerprint density at radius 1 is 1.50 bits per heavy atom. The van der Waals surface area contributed by atoms with Crippen LogP contribution in [0.5, 0.6) is 0 Å². The second-order valence-corrected chi connectivity index (χ2v) is 4.49. The van der Waals surface area contributed by atoms with E-state index < -0.39 is 38.5 Å². The van der Waals surface area contributed by atoms with Crippen molar-refractivity contribution in [2.45, 2.75) is 25.0 Å². The first kappa shape index (κ1) is 15.7. The number of hydrogen-bond acceptors (Lipinski definition) is 6. The molecule has 0 bridgehead atoms. The summed E-state index contributed by atoms with van der Waals surface area (Å²) in [5.41, 5.74) is -2.03. The Kier molecular flexibility index (Phi) is 5.71. The minimum atomic E-state index is -4.80. The lowest BCUT2D eigenvalue weighted by atomic mass is 9.92. The summed E-state index contributed by atoms with van der Waals surface area (Å²) in [4.78, 5) is 27.8. The van der Waals surface area contributed by atoms with Crippen molar-refractivity contribution < 1.29 is 39.0 Å². The summed E-state index contributed by atoms with van der Waals surface area (Å²) in [5, 5.41) is 27.6. The minimum Gasteiger partial charge on any atom is -0.393 e. The number of phosphoric ester groups is 1. The summed E-state index contributed by atoms with van der Waals surface area (Å²) in [6, 6.07) is 0. The molecule has 0 spiro atoms. The van der Waals surface area contributed by atoms with E-state index in [2.05, 4.69) is 4.52 Å². The van der Waals surface area contributed by atoms with E-state index in [9.17, 15) is 19.6 Å². The van der Waals surface area contributed by atoms with E-state index in [4.69, 9.17) is 14.9 Å². The maximum atomic E-state index is 11.2. The number of phosphoric acid groups is 1. The van der Waals surface area contributed by atoms with Crippen molar-refractivity contribution in [2.75, 3.05) is 13.2 Å². The second-order valence-electron chi connectivity index (χ2n) is 3.25. The zero-order chi connectivity index (χ0) is 13.0. The van der Waals surface area contributed by atoms with Crippen molar-refractivity contribution in [2.24, 2.45) is 0 Å².